The average Bonchev–Trinajstić information content (AvgIpc) is 2.74. The Morgan fingerprint density at radius 1 is 1.35 bits per heavy atom. The van der Waals surface area contributed by atoms with E-state index >= 15 is 0 Å². The summed E-state index contributed by atoms with van der Waals surface area (Å²) in [5.74, 6) is 1.46. The summed E-state index contributed by atoms with van der Waals surface area (Å²) in [6.07, 6.45) is 4.91. The van der Waals surface area contributed by atoms with Gasteiger partial charge in [0.15, 0.2) is 5.96 Å². The molecule has 132 valence electrons. The second-order valence-electron chi connectivity index (χ2n) is 6.67. The first-order valence-corrected chi connectivity index (χ1v) is 8.63. The van der Waals surface area contributed by atoms with Crippen molar-refractivity contribution in [3.8, 4) is 0 Å². The predicted molar refractivity (Wildman–Crippen MR) is 96.5 cm³/mol. The molecule has 23 heavy (non-hydrogen) atoms. The van der Waals surface area contributed by atoms with E-state index in [9.17, 15) is 4.79 Å². The minimum absolute atomic E-state index is 0.00478. The molecule has 0 saturated heterocycles. The number of aliphatic imine (C=N–C) groups is 2. The number of amides is 1. The van der Waals surface area contributed by atoms with Gasteiger partial charge in [-0.05, 0) is 24.2 Å². The van der Waals surface area contributed by atoms with Crippen LogP contribution < -0.4 is 16.8 Å². The van der Waals surface area contributed by atoms with E-state index in [-0.39, 0.29) is 29.9 Å². The fourth-order valence-electron chi connectivity index (χ4n) is 4.13. The molecule has 6 nitrogen and oxygen atoms in total. The standard InChI is InChI=1S/C17H33N5O/c1-6-12(7-2)16(21-11(4)23)15-10(3)13(9-20-5)8-14(15)22-17(18)19/h9-10,12-16H,6-8H2,1-5H3,(H,21,23)(H4,18,19,22)/t10-,13-,14-,15-,16?/m1/s1. The van der Waals surface area contributed by atoms with Crippen LogP contribution >= 0.6 is 0 Å². The lowest BCUT2D eigenvalue weighted by atomic mass is 9.77. The van der Waals surface area contributed by atoms with Crippen LogP contribution in [0.2, 0.25) is 0 Å². The summed E-state index contributed by atoms with van der Waals surface area (Å²) in [6.45, 7) is 8.14. The van der Waals surface area contributed by atoms with E-state index in [0.29, 0.717) is 17.8 Å². The van der Waals surface area contributed by atoms with Gasteiger partial charge in [-0.25, -0.2) is 4.99 Å². The van der Waals surface area contributed by atoms with Gasteiger partial charge in [-0.2, -0.15) is 0 Å². The summed E-state index contributed by atoms with van der Waals surface area (Å²) in [7, 11) is 1.79. The Bertz CT molecular complexity index is 440. The fourth-order valence-corrected chi connectivity index (χ4v) is 4.13. The molecular weight excluding hydrogens is 290 g/mol. The number of carbonyl (C=O) groups excluding carboxylic acids is 1. The Kier molecular flexibility index (Phi) is 7.52. The lowest BCUT2D eigenvalue weighted by Crippen LogP contribution is -2.48. The molecule has 0 heterocycles. The molecule has 6 heteroatoms. The van der Waals surface area contributed by atoms with Crippen LogP contribution in [0.15, 0.2) is 9.98 Å². The molecule has 5 atom stereocenters. The Hall–Kier alpha value is -1.59. The van der Waals surface area contributed by atoms with E-state index in [2.05, 4.69) is 36.1 Å². The number of guanidine groups is 1. The van der Waals surface area contributed by atoms with Gasteiger partial charge in [-0.3, -0.25) is 4.79 Å². The average molecular weight is 323 g/mol. The Labute approximate surface area is 140 Å². The third-order valence-electron chi connectivity index (χ3n) is 5.24. The minimum atomic E-state index is 0.00478. The summed E-state index contributed by atoms with van der Waals surface area (Å²) in [5.41, 5.74) is 11.3. The van der Waals surface area contributed by atoms with Gasteiger partial charge in [0.2, 0.25) is 5.91 Å². The summed E-state index contributed by atoms with van der Waals surface area (Å²) in [6, 6.07) is 0.108. The highest BCUT2D eigenvalue weighted by atomic mass is 16.1. The van der Waals surface area contributed by atoms with Gasteiger partial charge in [0.05, 0.1) is 6.04 Å². The van der Waals surface area contributed by atoms with E-state index in [0.717, 1.165) is 19.3 Å². The van der Waals surface area contributed by atoms with Crippen molar-refractivity contribution >= 4 is 18.1 Å². The van der Waals surface area contributed by atoms with Crippen molar-refractivity contribution in [1.29, 1.82) is 0 Å². The molecule has 1 saturated carbocycles. The number of nitrogens with two attached hydrogens (primary N) is 2. The zero-order valence-electron chi connectivity index (χ0n) is 15.1. The van der Waals surface area contributed by atoms with Gasteiger partial charge in [0.25, 0.3) is 0 Å². The highest BCUT2D eigenvalue weighted by Crippen LogP contribution is 2.42. The van der Waals surface area contributed by atoms with Crippen LogP contribution in [0.3, 0.4) is 0 Å². The Morgan fingerprint density at radius 3 is 2.39 bits per heavy atom. The van der Waals surface area contributed by atoms with Crippen LogP contribution in [0.1, 0.15) is 47.0 Å². The monoisotopic (exact) mass is 323 g/mol. The Morgan fingerprint density at radius 2 is 1.96 bits per heavy atom. The lowest BCUT2D eigenvalue weighted by molar-refractivity contribution is -0.120. The second-order valence-corrected chi connectivity index (χ2v) is 6.67. The molecule has 1 aliphatic rings. The molecule has 0 bridgehead atoms. The Balaban J connectivity index is 3.20. The van der Waals surface area contributed by atoms with Gasteiger partial charge in [0.1, 0.15) is 0 Å². The van der Waals surface area contributed by atoms with Crippen molar-refractivity contribution in [3.05, 3.63) is 0 Å². The maximum Gasteiger partial charge on any atom is 0.217 e. The minimum Gasteiger partial charge on any atom is -0.370 e. The van der Waals surface area contributed by atoms with E-state index < -0.39 is 0 Å². The van der Waals surface area contributed by atoms with Gasteiger partial charge >= 0.3 is 0 Å². The molecule has 0 aromatic heterocycles. The fraction of sp³-hybridized carbons (Fsp3) is 0.824. The summed E-state index contributed by atoms with van der Waals surface area (Å²) >= 11 is 0. The van der Waals surface area contributed by atoms with Crippen molar-refractivity contribution in [3.63, 3.8) is 0 Å². The first kappa shape index (κ1) is 19.5. The van der Waals surface area contributed by atoms with E-state index in [1.807, 2.05) is 6.21 Å². The van der Waals surface area contributed by atoms with Crippen molar-refractivity contribution < 1.29 is 4.79 Å². The van der Waals surface area contributed by atoms with Crippen LogP contribution in [-0.2, 0) is 4.79 Å². The van der Waals surface area contributed by atoms with E-state index in [4.69, 9.17) is 11.5 Å². The van der Waals surface area contributed by atoms with Crippen LogP contribution in [0.25, 0.3) is 0 Å². The normalized spacial score (nSPS) is 29.0. The van der Waals surface area contributed by atoms with Crippen LogP contribution in [-0.4, -0.2) is 37.2 Å². The van der Waals surface area contributed by atoms with Gasteiger partial charge < -0.3 is 21.8 Å². The van der Waals surface area contributed by atoms with E-state index in [1.54, 1.807) is 14.0 Å². The third kappa shape index (κ3) is 4.94. The largest absolute Gasteiger partial charge is 0.370 e. The number of nitrogens with one attached hydrogen (secondary N) is 1. The number of carbonyl (C=O) groups is 1. The van der Waals surface area contributed by atoms with Crippen LogP contribution in [0.4, 0.5) is 0 Å². The zero-order chi connectivity index (χ0) is 17.6. The third-order valence-corrected chi connectivity index (χ3v) is 5.24. The lowest BCUT2D eigenvalue weighted by Gasteiger charge is -2.36. The molecule has 5 N–H and O–H groups in total. The maximum absolute atomic E-state index is 11.8. The summed E-state index contributed by atoms with van der Waals surface area (Å²) in [4.78, 5) is 20.4. The molecule has 0 aromatic carbocycles. The molecule has 0 aliphatic heterocycles. The molecule has 1 fully saturated rings. The van der Waals surface area contributed by atoms with Crippen molar-refractivity contribution in [2.45, 2.75) is 59.0 Å². The first-order valence-electron chi connectivity index (χ1n) is 8.63. The molecule has 1 rings (SSSR count). The first-order chi connectivity index (χ1) is 10.8. The molecule has 1 aliphatic carbocycles. The number of rotatable bonds is 7. The second kappa shape index (κ2) is 8.89. The number of nitrogens with zero attached hydrogens (tertiary/aromatic N) is 2. The SMILES string of the molecule is CCC(CC)C(NC(C)=O)[C@@H]1[C@H](C)[C@@H](C=NC)C[C@H]1N=C(N)N. The number of hydrogen-bond acceptors (Lipinski definition) is 3. The summed E-state index contributed by atoms with van der Waals surface area (Å²) in [5, 5.41) is 3.19. The molecule has 1 unspecified atom stereocenters. The van der Waals surface area contributed by atoms with Crippen molar-refractivity contribution in [2.75, 3.05) is 7.05 Å². The molecule has 0 aromatic rings. The van der Waals surface area contributed by atoms with Gasteiger partial charge in [-0.1, -0.05) is 33.6 Å². The number of hydrogen-bond donors (Lipinski definition) is 3. The van der Waals surface area contributed by atoms with E-state index in [1.165, 1.54) is 0 Å². The van der Waals surface area contributed by atoms with Crippen LogP contribution in [0, 0.1) is 23.7 Å². The van der Waals surface area contributed by atoms with Crippen molar-refractivity contribution in [1.82, 2.24) is 5.32 Å². The highest BCUT2D eigenvalue weighted by molar-refractivity contribution is 5.76. The predicted octanol–water partition coefficient (Wildman–Crippen LogP) is 1.54. The van der Waals surface area contributed by atoms with Crippen molar-refractivity contribution in [2.24, 2.45) is 45.1 Å². The molecular formula is C17H33N5O. The molecule has 1 amide bonds. The summed E-state index contributed by atoms with van der Waals surface area (Å²) < 4.78 is 0. The highest BCUT2D eigenvalue weighted by Gasteiger charge is 2.46. The topological polar surface area (TPSA) is 106 Å². The molecule has 0 radical (unpaired) electrons. The van der Waals surface area contributed by atoms with Gasteiger partial charge in [0, 0.05) is 32.1 Å². The van der Waals surface area contributed by atoms with Gasteiger partial charge in [-0.15, -0.1) is 0 Å². The zero-order valence-corrected chi connectivity index (χ0v) is 15.1. The molecule has 0 spiro atoms. The quantitative estimate of drug-likeness (QED) is 0.489. The smallest absolute Gasteiger partial charge is 0.217 e. The van der Waals surface area contributed by atoms with Crippen LogP contribution in [0.5, 0.6) is 0 Å². The maximum atomic E-state index is 11.8.